The average Bonchev–Trinajstić information content (AvgIpc) is 2.28. The fourth-order valence-corrected chi connectivity index (χ4v) is 1.94. The molecule has 0 amide bonds. The molecule has 0 aliphatic heterocycles. The molecule has 1 aromatic carbocycles. The van der Waals surface area contributed by atoms with Gasteiger partial charge in [-0.15, -0.1) is 0 Å². The maximum Gasteiger partial charge on any atom is 0.0994 e. The van der Waals surface area contributed by atoms with Crippen molar-refractivity contribution in [2.75, 3.05) is 26.8 Å². The van der Waals surface area contributed by atoms with E-state index in [1.807, 2.05) is 26.0 Å². The molecule has 3 nitrogen and oxygen atoms in total. The van der Waals surface area contributed by atoms with Crippen molar-refractivity contribution in [3.63, 3.8) is 0 Å². The van der Waals surface area contributed by atoms with Gasteiger partial charge in [0.15, 0.2) is 0 Å². The van der Waals surface area contributed by atoms with Crippen molar-refractivity contribution < 1.29 is 9.84 Å². The molecule has 0 aromatic heterocycles. The predicted molar refractivity (Wildman–Crippen MR) is 70.2 cm³/mol. The first kappa shape index (κ1) is 14.2. The van der Waals surface area contributed by atoms with E-state index in [1.54, 1.807) is 7.11 Å². The van der Waals surface area contributed by atoms with E-state index in [4.69, 9.17) is 4.74 Å². The molecule has 0 aliphatic rings. The van der Waals surface area contributed by atoms with Crippen molar-refractivity contribution in [2.45, 2.75) is 26.4 Å². The minimum Gasteiger partial charge on any atom is -0.384 e. The van der Waals surface area contributed by atoms with Gasteiger partial charge in [-0.3, -0.25) is 0 Å². The zero-order valence-corrected chi connectivity index (χ0v) is 11.2. The van der Waals surface area contributed by atoms with Crippen LogP contribution in [0.2, 0.25) is 0 Å². The van der Waals surface area contributed by atoms with Crippen LogP contribution in [0, 0.1) is 13.8 Å². The van der Waals surface area contributed by atoms with Crippen LogP contribution in [0.3, 0.4) is 0 Å². The van der Waals surface area contributed by atoms with E-state index in [0.717, 1.165) is 17.7 Å². The van der Waals surface area contributed by atoms with Gasteiger partial charge in [-0.2, -0.15) is 0 Å². The topological polar surface area (TPSA) is 41.5 Å². The van der Waals surface area contributed by atoms with Gasteiger partial charge in [-0.05, 0) is 37.5 Å². The van der Waals surface area contributed by atoms with Crippen molar-refractivity contribution in [1.29, 1.82) is 0 Å². The summed E-state index contributed by atoms with van der Waals surface area (Å²) in [5.41, 5.74) is 2.51. The number of ether oxygens (including phenoxy) is 1. The summed E-state index contributed by atoms with van der Waals surface area (Å²) < 4.78 is 4.96. The van der Waals surface area contributed by atoms with Gasteiger partial charge in [0.1, 0.15) is 0 Å². The minimum absolute atomic E-state index is 0.528. The first-order valence-electron chi connectivity index (χ1n) is 5.98. The summed E-state index contributed by atoms with van der Waals surface area (Å²) in [6.45, 7) is 7.89. The molecule has 0 bridgehead atoms. The van der Waals surface area contributed by atoms with Gasteiger partial charge in [-0.25, -0.2) is 0 Å². The highest BCUT2D eigenvalue weighted by molar-refractivity contribution is 5.36. The van der Waals surface area contributed by atoms with Crippen LogP contribution in [0.4, 0.5) is 0 Å². The van der Waals surface area contributed by atoms with Crippen molar-refractivity contribution in [3.8, 4) is 0 Å². The number of hydrogen-bond acceptors (Lipinski definition) is 3. The first-order valence-corrected chi connectivity index (χ1v) is 5.98. The molecule has 0 aliphatic carbocycles. The lowest BCUT2D eigenvalue weighted by atomic mass is 9.90. The second-order valence-corrected chi connectivity index (χ2v) is 4.69. The molecule has 0 saturated carbocycles. The molecule has 96 valence electrons. The average molecular weight is 237 g/mol. The molecule has 1 atom stereocenters. The molecule has 1 unspecified atom stereocenters. The molecular weight excluding hydrogens is 214 g/mol. The van der Waals surface area contributed by atoms with Crippen LogP contribution >= 0.6 is 0 Å². The van der Waals surface area contributed by atoms with Crippen molar-refractivity contribution in [1.82, 2.24) is 5.32 Å². The third kappa shape index (κ3) is 3.80. The van der Waals surface area contributed by atoms with Gasteiger partial charge < -0.3 is 15.2 Å². The highest BCUT2D eigenvalue weighted by atomic mass is 16.5. The molecule has 0 heterocycles. The Morgan fingerprint density at radius 3 is 2.71 bits per heavy atom. The third-order valence-corrected chi connectivity index (χ3v) is 3.14. The van der Waals surface area contributed by atoms with Gasteiger partial charge in [0.2, 0.25) is 0 Å². The number of rotatable bonds is 6. The quantitative estimate of drug-likeness (QED) is 0.741. The fraction of sp³-hybridized carbons (Fsp3) is 0.571. The first-order chi connectivity index (χ1) is 7.99. The molecule has 0 spiro atoms. The molecule has 0 fully saturated rings. The van der Waals surface area contributed by atoms with Gasteiger partial charge in [-0.1, -0.05) is 18.2 Å². The molecule has 0 saturated heterocycles. The Morgan fingerprint density at radius 2 is 2.06 bits per heavy atom. The third-order valence-electron chi connectivity index (χ3n) is 3.14. The van der Waals surface area contributed by atoms with E-state index in [9.17, 15) is 5.11 Å². The standard InChI is InChI=1S/C14H23NO2/c1-11-6-5-7-13(12(11)2)14(3,16)10-15-8-9-17-4/h5-7,15-16H,8-10H2,1-4H3. The Bertz CT molecular complexity index is 361. The van der Waals surface area contributed by atoms with Crippen LogP contribution in [0.25, 0.3) is 0 Å². The summed E-state index contributed by atoms with van der Waals surface area (Å²) in [5.74, 6) is 0. The van der Waals surface area contributed by atoms with E-state index in [-0.39, 0.29) is 0 Å². The van der Waals surface area contributed by atoms with E-state index < -0.39 is 5.60 Å². The summed E-state index contributed by atoms with van der Waals surface area (Å²) in [6.07, 6.45) is 0. The highest BCUT2D eigenvalue weighted by Crippen LogP contribution is 2.25. The lowest BCUT2D eigenvalue weighted by Crippen LogP contribution is -2.37. The largest absolute Gasteiger partial charge is 0.384 e. The Hall–Kier alpha value is -0.900. The number of nitrogens with one attached hydrogen (secondary N) is 1. The zero-order valence-electron chi connectivity index (χ0n) is 11.2. The molecule has 3 heteroatoms. The van der Waals surface area contributed by atoms with E-state index in [1.165, 1.54) is 5.56 Å². The second-order valence-electron chi connectivity index (χ2n) is 4.69. The fourth-order valence-electron chi connectivity index (χ4n) is 1.94. The Morgan fingerprint density at radius 1 is 1.35 bits per heavy atom. The molecule has 2 N–H and O–H groups in total. The minimum atomic E-state index is -0.843. The highest BCUT2D eigenvalue weighted by Gasteiger charge is 2.24. The number of methoxy groups -OCH3 is 1. The summed E-state index contributed by atoms with van der Waals surface area (Å²) in [4.78, 5) is 0. The van der Waals surface area contributed by atoms with Crippen molar-refractivity contribution in [2.24, 2.45) is 0 Å². The number of hydrogen-bond donors (Lipinski definition) is 2. The van der Waals surface area contributed by atoms with Gasteiger partial charge in [0, 0.05) is 20.2 Å². The smallest absolute Gasteiger partial charge is 0.0994 e. The molecular formula is C14H23NO2. The van der Waals surface area contributed by atoms with E-state index in [0.29, 0.717) is 13.2 Å². The van der Waals surface area contributed by atoms with Crippen molar-refractivity contribution >= 4 is 0 Å². The van der Waals surface area contributed by atoms with Gasteiger partial charge in [0.25, 0.3) is 0 Å². The zero-order chi connectivity index (χ0) is 12.9. The second kappa shape index (κ2) is 6.15. The normalized spacial score (nSPS) is 14.6. The lowest BCUT2D eigenvalue weighted by Gasteiger charge is -2.27. The van der Waals surface area contributed by atoms with Crippen LogP contribution in [0.5, 0.6) is 0 Å². The van der Waals surface area contributed by atoms with Crippen LogP contribution < -0.4 is 5.32 Å². The van der Waals surface area contributed by atoms with Crippen molar-refractivity contribution in [3.05, 3.63) is 34.9 Å². The van der Waals surface area contributed by atoms with E-state index in [2.05, 4.69) is 18.3 Å². The molecule has 17 heavy (non-hydrogen) atoms. The summed E-state index contributed by atoms with van der Waals surface area (Å²) in [5, 5.41) is 13.7. The van der Waals surface area contributed by atoms with Gasteiger partial charge >= 0.3 is 0 Å². The predicted octanol–water partition coefficient (Wildman–Crippen LogP) is 1.75. The number of aliphatic hydroxyl groups is 1. The van der Waals surface area contributed by atoms with Crippen LogP contribution in [0.1, 0.15) is 23.6 Å². The Balaban J connectivity index is 2.71. The van der Waals surface area contributed by atoms with Crippen LogP contribution in [-0.2, 0) is 10.3 Å². The molecule has 1 aromatic rings. The number of aryl methyl sites for hydroxylation is 1. The summed E-state index contributed by atoms with van der Waals surface area (Å²) in [7, 11) is 1.67. The van der Waals surface area contributed by atoms with Gasteiger partial charge in [0.05, 0.1) is 12.2 Å². The Kier molecular flexibility index (Phi) is 5.12. The molecule has 0 radical (unpaired) electrons. The van der Waals surface area contributed by atoms with E-state index >= 15 is 0 Å². The maximum absolute atomic E-state index is 10.5. The lowest BCUT2D eigenvalue weighted by molar-refractivity contribution is 0.0543. The summed E-state index contributed by atoms with van der Waals surface area (Å²) >= 11 is 0. The monoisotopic (exact) mass is 237 g/mol. The van der Waals surface area contributed by atoms with Crippen LogP contribution in [0.15, 0.2) is 18.2 Å². The van der Waals surface area contributed by atoms with Crippen LogP contribution in [-0.4, -0.2) is 31.9 Å². The maximum atomic E-state index is 10.5. The summed E-state index contributed by atoms with van der Waals surface area (Å²) in [6, 6.07) is 6.04. The SMILES string of the molecule is COCCNCC(C)(O)c1cccc(C)c1C. The Labute approximate surface area is 104 Å². The number of benzene rings is 1. The molecule has 1 rings (SSSR count).